The molecule has 0 saturated heterocycles. The first-order valence-electron chi connectivity index (χ1n) is 5.62. The van der Waals surface area contributed by atoms with Crippen LogP contribution in [-0.2, 0) is 11.8 Å². The summed E-state index contributed by atoms with van der Waals surface area (Å²) in [5, 5.41) is 13.1. The molecule has 0 amide bonds. The Bertz CT molecular complexity index is 403. The van der Waals surface area contributed by atoms with Gasteiger partial charge in [0, 0.05) is 30.5 Å². The second-order valence-electron chi connectivity index (χ2n) is 4.73. The molecular weight excluding hydrogens is 245 g/mol. The van der Waals surface area contributed by atoms with Gasteiger partial charge in [-0.2, -0.15) is 13.2 Å². The zero-order chi connectivity index (χ0) is 14.0. The Labute approximate surface area is 104 Å². The van der Waals surface area contributed by atoms with Gasteiger partial charge >= 0.3 is 6.18 Å². The van der Waals surface area contributed by atoms with Crippen molar-refractivity contribution in [3.63, 3.8) is 0 Å². The predicted octanol–water partition coefficient (Wildman–Crippen LogP) is 2.31. The van der Waals surface area contributed by atoms with Crippen LogP contribution in [0.1, 0.15) is 31.9 Å². The van der Waals surface area contributed by atoms with Gasteiger partial charge < -0.3 is 10.4 Å². The number of rotatable bonds is 4. The largest absolute Gasteiger partial charge is 0.416 e. The fourth-order valence-electron chi connectivity index (χ4n) is 1.57. The van der Waals surface area contributed by atoms with Crippen LogP contribution in [0.4, 0.5) is 13.2 Å². The quantitative estimate of drug-likeness (QED) is 0.875. The average molecular weight is 262 g/mol. The van der Waals surface area contributed by atoms with Gasteiger partial charge in [0.2, 0.25) is 0 Å². The Hall–Kier alpha value is -1.14. The lowest BCUT2D eigenvalue weighted by Gasteiger charge is -2.28. The molecule has 0 saturated carbocycles. The van der Waals surface area contributed by atoms with Crippen LogP contribution >= 0.6 is 0 Å². The molecule has 0 aromatic carbocycles. The van der Waals surface area contributed by atoms with Crippen molar-refractivity contribution in [1.29, 1.82) is 0 Å². The van der Waals surface area contributed by atoms with Crippen LogP contribution in [-0.4, -0.2) is 22.7 Å². The number of nitrogens with one attached hydrogen (secondary N) is 1. The lowest BCUT2D eigenvalue weighted by molar-refractivity contribution is -0.140. The van der Waals surface area contributed by atoms with E-state index in [1.54, 1.807) is 0 Å². The van der Waals surface area contributed by atoms with E-state index in [0.717, 1.165) is 18.5 Å². The van der Waals surface area contributed by atoms with Crippen molar-refractivity contribution in [1.82, 2.24) is 10.3 Å². The van der Waals surface area contributed by atoms with E-state index >= 15 is 0 Å². The minimum Gasteiger partial charge on any atom is -0.384 e. The first-order chi connectivity index (χ1) is 8.14. The summed E-state index contributed by atoms with van der Waals surface area (Å²) < 4.78 is 38.5. The summed E-state index contributed by atoms with van der Waals surface area (Å²) in [6.07, 6.45) is -2.37. The fourth-order valence-corrected chi connectivity index (χ4v) is 1.57. The third kappa shape index (κ3) is 3.68. The molecule has 0 fully saturated rings. The molecule has 6 heteroatoms. The maximum absolute atomic E-state index is 12.8. The van der Waals surface area contributed by atoms with E-state index in [4.69, 9.17) is 0 Å². The highest BCUT2D eigenvalue weighted by Crippen LogP contribution is 2.35. The molecule has 0 aliphatic rings. The number of hydrogen-bond acceptors (Lipinski definition) is 3. The van der Waals surface area contributed by atoms with E-state index in [1.807, 2.05) is 13.8 Å². The Morgan fingerprint density at radius 1 is 1.33 bits per heavy atom. The molecule has 102 valence electrons. The Balaban J connectivity index is 3.08. The van der Waals surface area contributed by atoms with Gasteiger partial charge in [0.05, 0.1) is 5.56 Å². The van der Waals surface area contributed by atoms with E-state index in [-0.39, 0.29) is 18.2 Å². The van der Waals surface area contributed by atoms with Gasteiger partial charge in [0.15, 0.2) is 0 Å². The van der Waals surface area contributed by atoms with Gasteiger partial charge in [-0.3, -0.25) is 4.98 Å². The molecule has 0 bridgehead atoms. The first kappa shape index (κ1) is 14.9. The van der Waals surface area contributed by atoms with E-state index in [2.05, 4.69) is 10.3 Å². The van der Waals surface area contributed by atoms with Crippen LogP contribution in [0, 0.1) is 0 Å². The van der Waals surface area contributed by atoms with Gasteiger partial charge in [-0.15, -0.1) is 0 Å². The molecule has 18 heavy (non-hydrogen) atoms. The second-order valence-corrected chi connectivity index (χ2v) is 4.73. The summed E-state index contributed by atoms with van der Waals surface area (Å²) in [5.74, 6) is 0. The summed E-state index contributed by atoms with van der Waals surface area (Å²) >= 11 is 0. The molecule has 2 N–H and O–H groups in total. The van der Waals surface area contributed by atoms with Crippen molar-refractivity contribution >= 4 is 0 Å². The number of pyridine rings is 1. The summed E-state index contributed by atoms with van der Waals surface area (Å²) in [6.45, 7) is 5.07. The second kappa shape index (κ2) is 5.24. The minimum atomic E-state index is -4.50. The predicted molar refractivity (Wildman–Crippen MR) is 61.9 cm³/mol. The molecule has 1 unspecified atom stereocenters. The van der Waals surface area contributed by atoms with Gasteiger partial charge in [0.1, 0.15) is 5.60 Å². The standard InChI is InChI=1S/C12H17F3N2O/c1-8(2)17-7-11(3,18)10-6-16-5-4-9(10)12(13,14)15/h4-6,8,17-18H,7H2,1-3H3. The van der Waals surface area contributed by atoms with E-state index in [9.17, 15) is 18.3 Å². The first-order valence-corrected chi connectivity index (χ1v) is 5.62. The lowest BCUT2D eigenvalue weighted by atomic mass is 9.92. The Morgan fingerprint density at radius 2 is 1.94 bits per heavy atom. The minimum absolute atomic E-state index is 0.0272. The van der Waals surface area contributed by atoms with Crippen molar-refractivity contribution in [2.24, 2.45) is 0 Å². The average Bonchev–Trinajstić information content (AvgIpc) is 2.25. The van der Waals surface area contributed by atoms with Crippen molar-refractivity contribution in [2.75, 3.05) is 6.54 Å². The fraction of sp³-hybridized carbons (Fsp3) is 0.583. The van der Waals surface area contributed by atoms with Crippen molar-refractivity contribution < 1.29 is 18.3 Å². The molecule has 0 spiro atoms. The van der Waals surface area contributed by atoms with Gasteiger partial charge in [-0.25, -0.2) is 0 Å². The van der Waals surface area contributed by atoms with Crippen molar-refractivity contribution in [3.05, 3.63) is 29.6 Å². The smallest absolute Gasteiger partial charge is 0.384 e. The SMILES string of the molecule is CC(C)NCC(C)(O)c1cnccc1C(F)(F)F. The summed E-state index contributed by atoms with van der Waals surface area (Å²) in [6, 6.07) is 0.946. The highest BCUT2D eigenvalue weighted by Gasteiger charge is 2.38. The van der Waals surface area contributed by atoms with Crippen LogP contribution in [0.5, 0.6) is 0 Å². The zero-order valence-electron chi connectivity index (χ0n) is 10.5. The highest BCUT2D eigenvalue weighted by molar-refractivity contribution is 5.31. The van der Waals surface area contributed by atoms with Crippen molar-refractivity contribution in [3.8, 4) is 0 Å². The molecule has 1 heterocycles. The van der Waals surface area contributed by atoms with Crippen LogP contribution in [0.15, 0.2) is 18.5 Å². The monoisotopic (exact) mass is 262 g/mol. The van der Waals surface area contributed by atoms with Crippen molar-refractivity contribution in [2.45, 2.75) is 38.6 Å². The number of alkyl halides is 3. The number of nitrogens with zero attached hydrogens (tertiary/aromatic N) is 1. The molecular formula is C12H17F3N2O. The summed E-state index contributed by atoms with van der Waals surface area (Å²) in [5.41, 5.74) is -2.69. The van der Waals surface area contributed by atoms with E-state index in [0.29, 0.717) is 0 Å². The number of hydrogen-bond donors (Lipinski definition) is 2. The summed E-state index contributed by atoms with van der Waals surface area (Å²) in [4.78, 5) is 3.66. The molecule has 0 aliphatic carbocycles. The highest BCUT2D eigenvalue weighted by atomic mass is 19.4. The summed E-state index contributed by atoms with van der Waals surface area (Å²) in [7, 11) is 0. The van der Waals surface area contributed by atoms with Crippen LogP contribution in [0.3, 0.4) is 0 Å². The van der Waals surface area contributed by atoms with Crippen LogP contribution in [0.2, 0.25) is 0 Å². The number of aliphatic hydroxyl groups is 1. The third-order valence-electron chi connectivity index (χ3n) is 2.56. The topological polar surface area (TPSA) is 45.1 Å². The molecule has 1 rings (SSSR count). The lowest BCUT2D eigenvalue weighted by Crippen LogP contribution is -2.40. The molecule has 0 aliphatic heterocycles. The Kier molecular flexibility index (Phi) is 4.34. The normalized spacial score (nSPS) is 15.8. The van der Waals surface area contributed by atoms with Crippen LogP contribution < -0.4 is 5.32 Å². The Morgan fingerprint density at radius 3 is 2.44 bits per heavy atom. The zero-order valence-corrected chi connectivity index (χ0v) is 10.5. The maximum Gasteiger partial charge on any atom is 0.416 e. The molecule has 1 atom stereocenters. The number of halogens is 3. The maximum atomic E-state index is 12.8. The van der Waals surface area contributed by atoms with Gasteiger partial charge in [-0.1, -0.05) is 13.8 Å². The molecule has 3 nitrogen and oxygen atoms in total. The van der Waals surface area contributed by atoms with Gasteiger partial charge in [0.25, 0.3) is 0 Å². The van der Waals surface area contributed by atoms with E-state index in [1.165, 1.54) is 6.92 Å². The molecule has 1 aromatic heterocycles. The van der Waals surface area contributed by atoms with Crippen LogP contribution in [0.25, 0.3) is 0 Å². The molecule has 0 radical (unpaired) electrons. The third-order valence-corrected chi connectivity index (χ3v) is 2.56. The number of aromatic nitrogens is 1. The van der Waals surface area contributed by atoms with Gasteiger partial charge in [-0.05, 0) is 13.0 Å². The van der Waals surface area contributed by atoms with E-state index < -0.39 is 17.3 Å². The molecule has 1 aromatic rings.